The summed E-state index contributed by atoms with van der Waals surface area (Å²) in [5.41, 5.74) is 4.70. The van der Waals surface area contributed by atoms with E-state index in [0.29, 0.717) is 28.3 Å². The van der Waals surface area contributed by atoms with Gasteiger partial charge in [0, 0.05) is 5.69 Å². The second-order valence-electron chi connectivity index (χ2n) is 6.85. The Morgan fingerprint density at radius 3 is 2.39 bits per heavy atom. The van der Waals surface area contributed by atoms with Gasteiger partial charge >= 0.3 is 17.8 Å². The average molecular weight is 445 g/mol. The van der Waals surface area contributed by atoms with Crippen molar-refractivity contribution in [2.75, 3.05) is 12.4 Å². The van der Waals surface area contributed by atoms with Crippen molar-refractivity contribution in [1.29, 1.82) is 0 Å². The lowest BCUT2D eigenvalue weighted by molar-refractivity contribution is -0.136. The number of esters is 1. The normalized spacial score (nSPS) is 10.5. The molecule has 0 bridgehead atoms. The molecule has 2 N–H and O–H groups in total. The molecule has 0 aromatic heterocycles. The molecule has 3 aromatic carbocycles. The highest BCUT2D eigenvalue weighted by Gasteiger charge is 2.14. The van der Waals surface area contributed by atoms with Crippen LogP contribution in [0.1, 0.15) is 28.4 Å². The maximum absolute atomic E-state index is 12.3. The van der Waals surface area contributed by atoms with Gasteiger partial charge < -0.3 is 14.8 Å². The van der Waals surface area contributed by atoms with E-state index in [4.69, 9.17) is 9.47 Å². The van der Waals surface area contributed by atoms with Gasteiger partial charge in [0.2, 0.25) is 0 Å². The van der Waals surface area contributed by atoms with Gasteiger partial charge in [-0.3, -0.25) is 9.59 Å². The van der Waals surface area contributed by atoms with Gasteiger partial charge in [-0.15, -0.1) is 0 Å². The van der Waals surface area contributed by atoms with Crippen molar-refractivity contribution in [2.24, 2.45) is 5.10 Å². The maximum Gasteiger partial charge on any atom is 0.343 e. The first-order valence-electron chi connectivity index (χ1n) is 10.2. The third kappa shape index (κ3) is 6.51. The van der Waals surface area contributed by atoms with Crippen LogP contribution in [-0.4, -0.2) is 31.1 Å². The molecule has 0 saturated carbocycles. The van der Waals surface area contributed by atoms with Gasteiger partial charge in [-0.05, 0) is 66.1 Å². The zero-order chi connectivity index (χ0) is 23.6. The summed E-state index contributed by atoms with van der Waals surface area (Å²) >= 11 is 0. The summed E-state index contributed by atoms with van der Waals surface area (Å²) in [6.07, 6.45) is 2.10. The van der Waals surface area contributed by atoms with E-state index in [2.05, 4.69) is 15.8 Å². The standard InChI is InChI=1S/C25H23N3O5/c1-3-18-7-4-5-10-22(18)27-23(29)24(30)28-26-16-17-11-13-20(14-12-17)33-25(31)19-8-6-9-21(15-19)32-2/h4-16H,3H2,1-2H3,(H,27,29)(H,28,30). The van der Waals surface area contributed by atoms with Crippen LogP contribution in [0, 0.1) is 0 Å². The fourth-order valence-corrected chi connectivity index (χ4v) is 2.88. The molecular weight excluding hydrogens is 422 g/mol. The fraction of sp³-hybridized carbons (Fsp3) is 0.120. The Bertz CT molecular complexity index is 1170. The number of nitrogens with zero attached hydrogens (tertiary/aromatic N) is 1. The second kappa shape index (κ2) is 11.2. The Morgan fingerprint density at radius 2 is 1.67 bits per heavy atom. The number of hydrogen-bond donors (Lipinski definition) is 2. The number of methoxy groups -OCH3 is 1. The number of carbonyl (C=O) groups is 3. The Balaban J connectivity index is 1.52. The lowest BCUT2D eigenvalue weighted by Crippen LogP contribution is -2.32. The first kappa shape index (κ1) is 23.2. The molecule has 0 fully saturated rings. The van der Waals surface area contributed by atoms with Gasteiger partial charge in [-0.1, -0.05) is 31.2 Å². The number of hydrogen-bond acceptors (Lipinski definition) is 6. The molecule has 0 spiro atoms. The van der Waals surface area contributed by atoms with E-state index < -0.39 is 17.8 Å². The summed E-state index contributed by atoms with van der Waals surface area (Å²) in [6, 6.07) is 20.4. The quantitative estimate of drug-likeness (QED) is 0.190. The van der Waals surface area contributed by atoms with E-state index in [1.807, 2.05) is 19.1 Å². The van der Waals surface area contributed by atoms with E-state index in [1.165, 1.54) is 13.3 Å². The van der Waals surface area contributed by atoms with Crippen molar-refractivity contribution in [3.8, 4) is 11.5 Å². The first-order valence-corrected chi connectivity index (χ1v) is 10.2. The van der Waals surface area contributed by atoms with Gasteiger partial charge in [0.1, 0.15) is 11.5 Å². The highest BCUT2D eigenvalue weighted by Crippen LogP contribution is 2.17. The van der Waals surface area contributed by atoms with Crippen LogP contribution in [0.2, 0.25) is 0 Å². The van der Waals surface area contributed by atoms with Crippen molar-refractivity contribution in [3.63, 3.8) is 0 Å². The number of carbonyl (C=O) groups excluding carboxylic acids is 3. The third-order valence-corrected chi connectivity index (χ3v) is 4.63. The highest BCUT2D eigenvalue weighted by atomic mass is 16.5. The van der Waals surface area contributed by atoms with Gasteiger partial charge in [-0.2, -0.15) is 5.10 Å². The fourth-order valence-electron chi connectivity index (χ4n) is 2.88. The molecule has 168 valence electrons. The topological polar surface area (TPSA) is 106 Å². The Kier molecular flexibility index (Phi) is 7.91. The summed E-state index contributed by atoms with van der Waals surface area (Å²) in [5, 5.41) is 6.37. The molecule has 2 amide bonds. The molecule has 3 rings (SSSR count). The van der Waals surface area contributed by atoms with Gasteiger partial charge in [-0.25, -0.2) is 10.2 Å². The minimum absolute atomic E-state index is 0.345. The molecule has 0 aliphatic carbocycles. The Labute approximate surface area is 191 Å². The monoisotopic (exact) mass is 445 g/mol. The minimum Gasteiger partial charge on any atom is -0.497 e. The molecule has 0 aliphatic heterocycles. The van der Waals surface area contributed by atoms with E-state index in [-0.39, 0.29) is 0 Å². The zero-order valence-electron chi connectivity index (χ0n) is 18.2. The molecule has 0 aliphatic rings. The van der Waals surface area contributed by atoms with Crippen LogP contribution in [0.25, 0.3) is 0 Å². The van der Waals surface area contributed by atoms with Crippen LogP contribution in [0.5, 0.6) is 11.5 Å². The summed E-state index contributed by atoms with van der Waals surface area (Å²) in [7, 11) is 1.52. The van der Waals surface area contributed by atoms with Crippen LogP contribution in [0.4, 0.5) is 5.69 Å². The molecule has 0 radical (unpaired) electrons. The SMILES string of the molecule is CCc1ccccc1NC(=O)C(=O)NN=Cc1ccc(OC(=O)c2cccc(OC)c2)cc1. The average Bonchev–Trinajstić information content (AvgIpc) is 2.85. The van der Waals surface area contributed by atoms with Crippen molar-refractivity contribution >= 4 is 29.7 Å². The number of ether oxygens (including phenoxy) is 2. The smallest absolute Gasteiger partial charge is 0.343 e. The second-order valence-corrected chi connectivity index (χ2v) is 6.85. The summed E-state index contributed by atoms with van der Waals surface area (Å²) in [4.78, 5) is 36.3. The minimum atomic E-state index is -0.888. The molecule has 0 saturated heterocycles. The van der Waals surface area contributed by atoms with Crippen molar-refractivity contribution in [3.05, 3.63) is 89.5 Å². The van der Waals surface area contributed by atoms with Crippen LogP contribution >= 0.6 is 0 Å². The largest absolute Gasteiger partial charge is 0.497 e. The number of nitrogens with one attached hydrogen (secondary N) is 2. The summed E-state index contributed by atoms with van der Waals surface area (Å²) in [5.74, 6) is -1.31. The lowest BCUT2D eigenvalue weighted by atomic mass is 10.1. The summed E-state index contributed by atoms with van der Waals surface area (Å²) in [6.45, 7) is 1.96. The van der Waals surface area contributed by atoms with Crippen LogP contribution in [0.3, 0.4) is 0 Å². The third-order valence-electron chi connectivity index (χ3n) is 4.63. The maximum atomic E-state index is 12.3. The number of anilines is 1. The predicted octanol–water partition coefficient (Wildman–Crippen LogP) is 3.57. The number of para-hydroxylation sites is 1. The zero-order valence-corrected chi connectivity index (χ0v) is 18.2. The van der Waals surface area contributed by atoms with Crippen LogP contribution in [-0.2, 0) is 16.0 Å². The van der Waals surface area contributed by atoms with Gasteiger partial charge in [0.15, 0.2) is 0 Å². The molecule has 3 aromatic rings. The molecule has 8 heteroatoms. The molecule has 0 heterocycles. The van der Waals surface area contributed by atoms with E-state index in [0.717, 1.165) is 12.0 Å². The first-order chi connectivity index (χ1) is 16.0. The molecule has 8 nitrogen and oxygen atoms in total. The van der Waals surface area contributed by atoms with E-state index in [1.54, 1.807) is 60.7 Å². The number of rotatable bonds is 7. The molecular formula is C25H23N3O5. The van der Waals surface area contributed by atoms with E-state index >= 15 is 0 Å². The number of amides is 2. The van der Waals surface area contributed by atoms with Gasteiger partial charge in [0.05, 0.1) is 18.9 Å². The number of aryl methyl sites for hydroxylation is 1. The number of hydrazone groups is 1. The molecule has 0 unspecified atom stereocenters. The molecule has 33 heavy (non-hydrogen) atoms. The van der Waals surface area contributed by atoms with Crippen molar-refractivity contribution in [1.82, 2.24) is 5.43 Å². The van der Waals surface area contributed by atoms with E-state index in [9.17, 15) is 14.4 Å². The van der Waals surface area contributed by atoms with Crippen LogP contribution in [0.15, 0.2) is 77.9 Å². The lowest BCUT2D eigenvalue weighted by Gasteiger charge is -2.08. The summed E-state index contributed by atoms with van der Waals surface area (Å²) < 4.78 is 10.4. The Morgan fingerprint density at radius 1 is 0.909 bits per heavy atom. The van der Waals surface area contributed by atoms with Crippen molar-refractivity contribution in [2.45, 2.75) is 13.3 Å². The predicted molar refractivity (Wildman–Crippen MR) is 125 cm³/mol. The van der Waals surface area contributed by atoms with Gasteiger partial charge in [0.25, 0.3) is 0 Å². The molecule has 0 atom stereocenters. The van der Waals surface area contributed by atoms with Crippen LogP contribution < -0.4 is 20.2 Å². The Hall–Kier alpha value is -4.46. The van der Waals surface area contributed by atoms with Crippen molar-refractivity contribution < 1.29 is 23.9 Å². The highest BCUT2D eigenvalue weighted by molar-refractivity contribution is 6.39. The number of benzene rings is 3.